The molecule has 2 fully saturated rings. The normalized spacial score (nSPS) is 26.9. The van der Waals surface area contributed by atoms with Gasteiger partial charge in [0.2, 0.25) is 5.91 Å². The van der Waals surface area contributed by atoms with Gasteiger partial charge in [0.1, 0.15) is 0 Å². The van der Waals surface area contributed by atoms with E-state index >= 15 is 0 Å². The lowest BCUT2D eigenvalue weighted by Gasteiger charge is -2.37. The number of amides is 1. The van der Waals surface area contributed by atoms with Gasteiger partial charge in [-0.1, -0.05) is 6.92 Å². The molecule has 0 radical (unpaired) electrons. The summed E-state index contributed by atoms with van der Waals surface area (Å²) in [5.41, 5.74) is 0. The van der Waals surface area contributed by atoms with E-state index in [1.165, 1.54) is 0 Å². The van der Waals surface area contributed by atoms with Crippen molar-refractivity contribution in [3.8, 4) is 6.07 Å². The van der Waals surface area contributed by atoms with E-state index in [-0.39, 0.29) is 12.0 Å². The minimum absolute atomic E-state index is 0.0179. The van der Waals surface area contributed by atoms with Gasteiger partial charge in [0.05, 0.1) is 12.1 Å². The number of carbonyl (C=O) groups excluding carboxylic acids is 1. The molecule has 2 rings (SSSR count). The molecule has 0 aromatic rings. The summed E-state index contributed by atoms with van der Waals surface area (Å²) >= 11 is 1.89. The lowest BCUT2D eigenvalue weighted by Crippen LogP contribution is -2.52. The largest absolute Gasteiger partial charge is 0.340 e. The van der Waals surface area contributed by atoms with Crippen molar-refractivity contribution >= 4 is 17.7 Å². The minimum Gasteiger partial charge on any atom is -0.340 e. The van der Waals surface area contributed by atoms with Gasteiger partial charge in [0, 0.05) is 37.8 Å². The fraction of sp³-hybridized carbons (Fsp3) is 0.846. The molecular formula is C13H21N3OS. The molecule has 2 aliphatic heterocycles. The first-order valence-corrected chi connectivity index (χ1v) is 7.92. The number of hydrogen-bond donors (Lipinski definition) is 0. The van der Waals surface area contributed by atoms with Crippen molar-refractivity contribution in [2.75, 3.05) is 37.7 Å². The molecule has 100 valence electrons. The second-order valence-corrected chi connectivity index (χ2v) is 6.12. The van der Waals surface area contributed by atoms with Crippen molar-refractivity contribution in [2.45, 2.75) is 25.8 Å². The van der Waals surface area contributed by atoms with Gasteiger partial charge >= 0.3 is 0 Å². The average Bonchev–Trinajstić information content (AvgIpc) is 2.94. The van der Waals surface area contributed by atoms with E-state index in [1.807, 2.05) is 23.6 Å². The van der Waals surface area contributed by atoms with Crippen LogP contribution in [-0.4, -0.2) is 59.4 Å². The molecule has 2 unspecified atom stereocenters. The fourth-order valence-corrected chi connectivity index (χ4v) is 3.88. The molecular weight excluding hydrogens is 246 g/mol. The van der Waals surface area contributed by atoms with Crippen LogP contribution in [0.15, 0.2) is 0 Å². The molecule has 0 bridgehead atoms. The lowest BCUT2D eigenvalue weighted by molar-refractivity contribution is -0.136. The van der Waals surface area contributed by atoms with Crippen LogP contribution >= 0.6 is 11.8 Å². The predicted molar refractivity (Wildman–Crippen MR) is 73.3 cm³/mol. The Bertz CT molecular complexity index is 328. The molecule has 2 heterocycles. The van der Waals surface area contributed by atoms with Gasteiger partial charge in [-0.15, -0.1) is 0 Å². The highest BCUT2D eigenvalue weighted by molar-refractivity contribution is 7.99. The number of rotatable bonds is 3. The van der Waals surface area contributed by atoms with Crippen LogP contribution in [0.2, 0.25) is 0 Å². The van der Waals surface area contributed by atoms with Crippen LogP contribution in [0.4, 0.5) is 0 Å². The highest BCUT2D eigenvalue weighted by Gasteiger charge is 2.30. The van der Waals surface area contributed by atoms with Crippen LogP contribution in [-0.2, 0) is 4.79 Å². The van der Waals surface area contributed by atoms with E-state index < -0.39 is 0 Å². The number of nitrogens with zero attached hydrogens (tertiary/aromatic N) is 3. The van der Waals surface area contributed by atoms with E-state index in [0.29, 0.717) is 5.91 Å². The van der Waals surface area contributed by atoms with E-state index in [2.05, 4.69) is 11.0 Å². The molecule has 0 aromatic carbocycles. The second kappa shape index (κ2) is 6.44. The molecule has 0 N–H and O–H groups in total. The summed E-state index contributed by atoms with van der Waals surface area (Å²) in [6.45, 7) is 5.31. The maximum absolute atomic E-state index is 12.2. The van der Waals surface area contributed by atoms with Crippen LogP contribution in [0, 0.1) is 17.2 Å². The highest BCUT2D eigenvalue weighted by atomic mass is 32.2. The summed E-state index contributed by atoms with van der Waals surface area (Å²) in [6.07, 6.45) is 1.91. The molecule has 1 amide bonds. The summed E-state index contributed by atoms with van der Waals surface area (Å²) in [4.78, 5) is 16.4. The van der Waals surface area contributed by atoms with Crippen molar-refractivity contribution in [3.63, 3.8) is 0 Å². The van der Waals surface area contributed by atoms with Crippen LogP contribution < -0.4 is 0 Å². The van der Waals surface area contributed by atoms with E-state index in [4.69, 9.17) is 5.26 Å². The van der Waals surface area contributed by atoms with Crippen molar-refractivity contribution in [1.29, 1.82) is 5.26 Å². The molecule has 2 atom stereocenters. The number of nitriles is 1. The Labute approximate surface area is 113 Å². The van der Waals surface area contributed by atoms with Crippen LogP contribution in [0.1, 0.15) is 19.8 Å². The molecule has 18 heavy (non-hydrogen) atoms. The Balaban J connectivity index is 1.83. The summed E-state index contributed by atoms with van der Waals surface area (Å²) in [5.74, 6) is 2.71. The second-order valence-electron chi connectivity index (χ2n) is 4.97. The standard InChI is InChI=1S/C13H21N3OS/c1-2-12(9-14)15-4-6-16(7-5-15)13(17)11-3-8-18-10-11/h11-12H,2-8,10H2,1H3. The monoisotopic (exact) mass is 267 g/mol. The zero-order chi connectivity index (χ0) is 13.0. The number of carbonyl (C=O) groups is 1. The van der Waals surface area contributed by atoms with Gasteiger partial charge in [0.15, 0.2) is 0 Å². The number of hydrogen-bond acceptors (Lipinski definition) is 4. The van der Waals surface area contributed by atoms with Crippen molar-refractivity contribution < 1.29 is 4.79 Å². The molecule has 2 aliphatic rings. The Morgan fingerprint density at radius 3 is 2.67 bits per heavy atom. The number of piperazine rings is 1. The Morgan fingerprint density at radius 2 is 2.17 bits per heavy atom. The SMILES string of the molecule is CCC(C#N)N1CCN(C(=O)C2CCSC2)CC1. The molecule has 0 saturated carbocycles. The van der Waals surface area contributed by atoms with E-state index in [1.54, 1.807) is 0 Å². The first-order valence-electron chi connectivity index (χ1n) is 6.76. The van der Waals surface area contributed by atoms with Gasteiger partial charge < -0.3 is 4.90 Å². The molecule has 4 nitrogen and oxygen atoms in total. The summed E-state index contributed by atoms with van der Waals surface area (Å²) in [6, 6.07) is 2.36. The zero-order valence-electron chi connectivity index (χ0n) is 11.0. The van der Waals surface area contributed by atoms with Gasteiger partial charge in [-0.05, 0) is 18.6 Å². The van der Waals surface area contributed by atoms with E-state index in [9.17, 15) is 4.79 Å². The lowest BCUT2D eigenvalue weighted by atomic mass is 10.1. The van der Waals surface area contributed by atoms with Crippen molar-refractivity contribution in [1.82, 2.24) is 9.80 Å². The van der Waals surface area contributed by atoms with Gasteiger partial charge in [-0.25, -0.2) is 0 Å². The topological polar surface area (TPSA) is 47.3 Å². The minimum atomic E-state index is 0.0179. The third kappa shape index (κ3) is 2.99. The van der Waals surface area contributed by atoms with Gasteiger partial charge in [0.25, 0.3) is 0 Å². The van der Waals surface area contributed by atoms with E-state index in [0.717, 1.165) is 50.5 Å². The predicted octanol–water partition coefficient (Wildman–Crippen LogP) is 1.19. The zero-order valence-corrected chi connectivity index (χ0v) is 11.8. The van der Waals surface area contributed by atoms with Gasteiger partial charge in [-0.2, -0.15) is 17.0 Å². The molecule has 0 aromatic heterocycles. The summed E-state index contributed by atoms with van der Waals surface area (Å²) in [7, 11) is 0. The Hall–Kier alpha value is -0.730. The smallest absolute Gasteiger partial charge is 0.226 e. The fourth-order valence-electron chi connectivity index (χ4n) is 2.67. The number of thioether (sulfide) groups is 1. The third-order valence-corrected chi connectivity index (χ3v) is 5.04. The summed E-state index contributed by atoms with van der Waals surface area (Å²) in [5, 5.41) is 9.05. The first kappa shape index (κ1) is 13.7. The van der Waals surface area contributed by atoms with Crippen molar-refractivity contribution in [2.24, 2.45) is 5.92 Å². The summed E-state index contributed by atoms with van der Waals surface area (Å²) < 4.78 is 0. The van der Waals surface area contributed by atoms with Crippen LogP contribution in [0.3, 0.4) is 0 Å². The molecule has 0 spiro atoms. The van der Waals surface area contributed by atoms with Gasteiger partial charge in [-0.3, -0.25) is 9.69 Å². The Morgan fingerprint density at radius 1 is 1.44 bits per heavy atom. The first-order chi connectivity index (χ1) is 8.76. The third-order valence-electron chi connectivity index (χ3n) is 3.88. The maximum atomic E-state index is 12.2. The quantitative estimate of drug-likeness (QED) is 0.770. The molecule has 2 saturated heterocycles. The van der Waals surface area contributed by atoms with Crippen LogP contribution in [0.25, 0.3) is 0 Å². The molecule has 5 heteroatoms. The highest BCUT2D eigenvalue weighted by Crippen LogP contribution is 2.25. The maximum Gasteiger partial charge on any atom is 0.226 e. The molecule has 0 aliphatic carbocycles. The Kier molecular flexibility index (Phi) is 4.90. The van der Waals surface area contributed by atoms with Crippen LogP contribution in [0.5, 0.6) is 0 Å². The average molecular weight is 267 g/mol. The van der Waals surface area contributed by atoms with Crippen molar-refractivity contribution in [3.05, 3.63) is 0 Å².